The Hall–Kier alpha value is -2.37. The van der Waals surface area contributed by atoms with Gasteiger partial charge in [0.2, 0.25) is 0 Å². The van der Waals surface area contributed by atoms with Crippen LogP contribution in [0.15, 0.2) is 29.3 Å². The molecule has 0 aliphatic carbocycles. The second-order valence-corrected chi connectivity index (χ2v) is 3.34. The highest BCUT2D eigenvalue weighted by Crippen LogP contribution is 2.13. The van der Waals surface area contributed by atoms with Crippen molar-refractivity contribution in [2.24, 2.45) is 0 Å². The van der Waals surface area contributed by atoms with Crippen LogP contribution in [0.1, 0.15) is 15.9 Å². The van der Waals surface area contributed by atoms with Crippen LogP contribution < -0.4 is 5.69 Å². The Kier molecular flexibility index (Phi) is 2.32. The van der Waals surface area contributed by atoms with E-state index in [9.17, 15) is 9.59 Å². The van der Waals surface area contributed by atoms with Gasteiger partial charge in [-0.3, -0.25) is 0 Å². The molecule has 0 aliphatic rings. The monoisotopic (exact) mass is 219 g/mol. The standard InChI is InChI=1S/C10H9N3O3/c1-6-2-3-7(4-8(6)9(14)15)13-5-11-12-10(13)16/h2-5H,1H3,(H,12,16)(H,14,15). The molecule has 0 bridgehead atoms. The van der Waals surface area contributed by atoms with Crippen LogP contribution in [0.4, 0.5) is 0 Å². The molecule has 0 radical (unpaired) electrons. The van der Waals surface area contributed by atoms with E-state index in [1.165, 1.54) is 17.0 Å². The fourth-order valence-electron chi connectivity index (χ4n) is 1.42. The van der Waals surface area contributed by atoms with Crippen LogP contribution in [-0.2, 0) is 0 Å². The number of rotatable bonds is 2. The Balaban J connectivity index is 2.61. The van der Waals surface area contributed by atoms with Crippen LogP contribution in [0.25, 0.3) is 5.69 Å². The van der Waals surface area contributed by atoms with Crippen LogP contribution in [-0.4, -0.2) is 25.8 Å². The van der Waals surface area contributed by atoms with E-state index in [1.54, 1.807) is 19.1 Å². The lowest BCUT2D eigenvalue weighted by atomic mass is 10.1. The van der Waals surface area contributed by atoms with E-state index >= 15 is 0 Å². The summed E-state index contributed by atoms with van der Waals surface area (Å²) < 4.78 is 1.24. The number of aromatic nitrogens is 3. The summed E-state index contributed by atoms with van der Waals surface area (Å²) in [6.45, 7) is 1.70. The summed E-state index contributed by atoms with van der Waals surface area (Å²) in [7, 11) is 0. The van der Waals surface area contributed by atoms with Gasteiger partial charge in [0.05, 0.1) is 11.3 Å². The number of carboxylic acid groups (broad SMARTS) is 1. The minimum atomic E-state index is -1.02. The van der Waals surface area contributed by atoms with Gasteiger partial charge < -0.3 is 5.11 Å². The average molecular weight is 219 g/mol. The number of carbonyl (C=O) groups is 1. The fourth-order valence-corrected chi connectivity index (χ4v) is 1.42. The van der Waals surface area contributed by atoms with E-state index in [0.29, 0.717) is 11.3 Å². The molecule has 0 atom stereocenters. The largest absolute Gasteiger partial charge is 0.478 e. The summed E-state index contributed by atoms with van der Waals surface area (Å²) in [4.78, 5) is 22.2. The predicted octanol–water partition coefficient (Wildman–Crippen LogP) is 0.567. The molecular weight excluding hydrogens is 210 g/mol. The van der Waals surface area contributed by atoms with E-state index in [0.717, 1.165) is 0 Å². The van der Waals surface area contributed by atoms with Crippen molar-refractivity contribution in [2.45, 2.75) is 6.92 Å². The molecule has 2 N–H and O–H groups in total. The van der Waals surface area contributed by atoms with E-state index in [-0.39, 0.29) is 5.56 Å². The SMILES string of the molecule is Cc1ccc(-n2cn[nH]c2=O)cc1C(=O)O. The molecule has 0 amide bonds. The molecule has 1 heterocycles. The van der Waals surface area contributed by atoms with E-state index in [4.69, 9.17) is 5.11 Å². The Bertz CT molecular complexity index is 597. The second-order valence-electron chi connectivity index (χ2n) is 3.34. The van der Waals surface area contributed by atoms with Crippen molar-refractivity contribution in [3.05, 3.63) is 46.1 Å². The molecule has 0 saturated carbocycles. The maximum absolute atomic E-state index is 11.3. The third kappa shape index (κ3) is 1.60. The molecule has 82 valence electrons. The molecule has 2 rings (SSSR count). The van der Waals surface area contributed by atoms with Crippen molar-refractivity contribution in [1.29, 1.82) is 0 Å². The van der Waals surface area contributed by atoms with Gasteiger partial charge in [0, 0.05) is 0 Å². The molecule has 0 spiro atoms. The summed E-state index contributed by atoms with van der Waals surface area (Å²) >= 11 is 0. The van der Waals surface area contributed by atoms with Crippen LogP contribution in [0.3, 0.4) is 0 Å². The Morgan fingerprint density at radius 1 is 1.50 bits per heavy atom. The van der Waals surface area contributed by atoms with Crippen molar-refractivity contribution in [3.8, 4) is 5.69 Å². The fraction of sp³-hybridized carbons (Fsp3) is 0.100. The molecular formula is C10H9N3O3. The van der Waals surface area contributed by atoms with Gasteiger partial charge in [-0.1, -0.05) is 6.07 Å². The Labute approximate surface area is 90.2 Å². The first kappa shape index (κ1) is 10.2. The van der Waals surface area contributed by atoms with E-state index < -0.39 is 11.7 Å². The molecule has 0 unspecified atom stereocenters. The highest BCUT2D eigenvalue weighted by Gasteiger charge is 2.09. The number of aryl methyl sites for hydroxylation is 1. The summed E-state index contributed by atoms with van der Waals surface area (Å²) in [5.74, 6) is -1.02. The first-order valence-corrected chi connectivity index (χ1v) is 4.56. The van der Waals surface area contributed by atoms with Crippen LogP contribution >= 0.6 is 0 Å². The van der Waals surface area contributed by atoms with Gasteiger partial charge >= 0.3 is 11.7 Å². The minimum absolute atomic E-state index is 0.172. The summed E-state index contributed by atoms with van der Waals surface area (Å²) in [5.41, 5.74) is 0.889. The van der Waals surface area contributed by atoms with Crippen molar-refractivity contribution >= 4 is 5.97 Å². The number of nitrogens with one attached hydrogen (secondary N) is 1. The lowest BCUT2D eigenvalue weighted by Crippen LogP contribution is -2.14. The number of aromatic amines is 1. The predicted molar refractivity (Wildman–Crippen MR) is 55.9 cm³/mol. The van der Waals surface area contributed by atoms with Crippen molar-refractivity contribution in [1.82, 2.24) is 14.8 Å². The van der Waals surface area contributed by atoms with Crippen LogP contribution in [0.2, 0.25) is 0 Å². The van der Waals surface area contributed by atoms with E-state index in [1.807, 2.05) is 0 Å². The molecule has 6 heteroatoms. The highest BCUT2D eigenvalue weighted by molar-refractivity contribution is 5.90. The summed E-state index contributed by atoms with van der Waals surface area (Å²) in [5, 5.41) is 14.8. The van der Waals surface area contributed by atoms with E-state index in [2.05, 4.69) is 10.2 Å². The Morgan fingerprint density at radius 3 is 2.81 bits per heavy atom. The average Bonchev–Trinajstić information content (AvgIpc) is 2.65. The second kappa shape index (κ2) is 3.65. The lowest BCUT2D eigenvalue weighted by molar-refractivity contribution is 0.0696. The molecule has 16 heavy (non-hydrogen) atoms. The molecule has 6 nitrogen and oxygen atoms in total. The molecule has 0 aliphatic heterocycles. The number of hydrogen-bond acceptors (Lipinski definition) is 3. The number of aromatic carboxylic acids is 1. The zero-order valence-electron chi connectivity index (χ0n) is 8.47. The Morgan fingerprint density at radius 2 is 2.25 bits per heavy atom. The molecule has 1 aromatic carbocycles. The number of H-pyrrole nitrogens is 1. The van der Waals surface area contributed by atoms with Gasteiger partial charge in [0.15, 0.2) is 0 Å². The quantitative estimate of drug-likeness (QED) is 0.772. The van der Waals surface area contributed by atoms with Gasteiger partial charge in [-0.25, -0.2) is 19.3 Å². The van der Waals surface area contributed by atoms with Gasteiger partial charge in [-0.2, -0.15) is 5.10 Å². The maximum Gasteiger partial charge on any atom is 0.347 e. The first-order valence-electron chi connectivity index (χ1n) is 4.56. The number of hydrogen-bond donors (Lipinski definition) is 2. The normalized spacial score (nSPS) is 10.3. The van der Waals surface area contributed by atoms with Gasteiger partial charge in [-0.15, -0.1) is 0 Å². The topological polar surface area (TPSA) is 88.0 Å². The first-order chi connectivity index (χ1) is 7.59. The summed E-state index contributed by atoms with van der Waals surface area (Å²) in [6.07, 6.45) is 1.30. The van der Waals surface area contributed by atoms with Crippen molar-refractivity contribution in [2.75, 3.05) is 0 Å². The molecule has 2 aromatic rings. The van der Waals surface area contributed by atoms with Crippen molar-refractivity contribution < 1.29 is 9.90 Å². The number of carboxylic acids is 1. The minimum Gasteiger partial charge on any atom is -0.478 e. The van der Waals surface area contributed by atoms with Crippen LogP contribution in [0.5, 0.6) is 0 Å². The van der Waals surface area contributed by atoms with Gasteiger partial charge in [0.25, 0.3) is 0 Å². The van der Waals surface area contributed by atoms with Crippen LogP contribution in [0, 0.1) is 6.92 Å². The number of benzene rings is 1. The summed E-state index contributed by atoms with van der Waals surface area (Å²) in [6, 6.07) is 4.76. The molecule has 0 saturated heterocycles. The molecule has 1 aromatic heterocycles. The zero-order chi connectivity index (χ0) is 11.7. The molecule has 0 fully saturated rings. The zero-order valence-corrected chi connectivity index (χ0v) is 8.47. The third-order valence-corrected chi connectivity index (χ3v) is 2.28. The third-order valence-electron chi connectivity index (χ3n) is 2.28. The van der Waals surface area contributed by atoms with Gasteiger partial charge in [-0.05, 0) is 24.6 Å². The van der Waals surface area contributed by atoms with Crippen molar-refractivity contribution in [3.63, 3.8) is 0 Å². The highest BCUT2D eigenvalue weighted by atomic mass is 16.4. The van der Waals surface area contributed by atoms with Gasteiger partial charge in [0.1, 0.15) is 6.33 Å². The number of nitrogens with zero attached hydrogens (tertiary/aromatic N) is 2. The maximum atomic E-state index is 11.3. The lowest BCUT2D eigenvalue weighted by Gasteiger charge is -2.04. The smallest absolute Gasteiger partial charge is 0.347 e.